The molecule has 1 unspecified atom stereocenters. The van der Waals surface area contributed by atoms with E-state index in [1.165, 1.54) is 11.1 Å². The highest BCUT2D eigenvalue weighted by Gasteiger charge is 2.32. The SMILES string of the molecule is CCC(CC)(c1ccc(C=C2SC(=O)NC2=O)c(C)c1)c1ccc(OCC(O)C(C)(C)C)c(C)c1. The lowest BCUT2D eigenvalue weighted by molar-refractivity contribution is -0.115. The van der Waals surface area contributed by atoms with Crippen LogP contribution >= 0.6 is 11.8 Å². The number of carbonyl (C=O) groups is 2. The minimum atomic E-state index is -0.546. The second-order valence-electron chi connectivity index (χ2n) is 10.4. The molecule has 1 saturated heterocycles. The van der Waals surface area contributed by atoms with Gasteiger partial charge in [-0.1, -0.05) is 65.0 Å². The fourth-order valence-electron chi connectivity index (χ4n) is 4.46. The smallest absolute Gasteiger partial charge is 0.290 e. The summed E-state index contributed by atoms with van der Waals surface area (Å²) >= 11 is 0.937. The number of aryl methyl sites for hydroxylation is 2. The normalized spacial score (nSPS) is 16.5. The van der Waals surface area contributed by atoms with Crippen molar-refractivity contribution in [1.82, 2.24) is 5.32 Å². The number of amides is 2. The Morgan fingerprint density at radius 1 is 1.00 bits per heavy atom. The lowest BCUT2D eigenvalue weighted by atomic mass is 9.70. The average molecular weight is 496 g/mol. The highest BCUT2D eigenvalue weighted by Crippen LogP contribution is 2.41. The van der Waals surface area contributed by atoms with Crippen LogP contribution in [0.1, 0.15) is 75.3 Å². The van der Waals surface area contributed by atoms with Gasteiger partial charge in [-0.15, -0.1) is 0 Å². The van der Waals surface area contributed by atoms with Gasteiger partial charge >= 0.3 is 0 Å². The summed E-state index contributed by atoms with van der Waals surface area (Å²) in [5.41, 5.74) is 5.08. The molecular weight excluding hydrogens is 458 g/mol. The maximum atomic E-state index is 12.0. The molecule has 6 heteroatoms. The molecule has 1 heterocycles. The van der Waals surface area contributed by atoms with Crippen molar-refractivity contribution in [2.45, 2.75) is 72.8 Å². The number of aliphatic hydroxyl groups is 1. The van der Waals surface area contributed by atoms with E-state index in [9.17, 15) is 14.7 Å². The molecule has 5 nitrogen and oxygen atoms in total. The molecule has 0 aromatic heterocycles. The van der Waals surface area contributed by atoms with E-state index in [4.69, 9.17) is 4.74 Å². The lowest BCUT2D eigenvalue weighted by Gasteiger charge is -2.34. The molecular formula is C29H37NO4S. The quantitative estimate of drug-likeness (QED) is 0.408. The van der Waals surface area contributed by atoms with E-state index in [0.29, 0.717) is 4.91 Å². The number of benzene rings is 2. The number of carbonyl (C=O) groups excluding carboxylic acids is 2. The number of rotatable bonds is 8. The van der Waals surface area contributed by atoms with E-state index in [1.54, 1.807) is 6.08 Å². The van der Waals surface area contributed by atoms with E-state index in [1.807, 2.05) is 46.8 Å². The fraction of sp³-hybridized carbons (Fsp3) is 0.448. The molecule has 2 amide bonds. The molecule has 1 aliphatic heterocycles. The standard InChI is InChI=1S/C29H37NO4S/c1-8-29(9-2,22-12-13-23(19(4)15-22)34-17-25(31)28(5,6)7)21-11-10-20(18(3)14-21)16-24-26(32)30-27(33)35-24/h10-16,25,31H,8-9,17H2,1-7H3,(H,30,32,33). The Morgan fingerprint density at radius 2 is 1.60 bits per heavy atom. The molecule has 1 atom stereocenters. The van der Waals surface area contributed by atoms with E-state index in [0.717, 1.165) is 47.0 Å². The van der Waals surface area contributed by atoms with Gasteiger partial charge in [0.2, 0.25) is 0 Å². The largest absolute Gasteiger partial charge is 0.491 e. The maximum absolute atomic E-state index is 12.0. The third kappa shape index (κ3) is 5.81. The van der Waals surface area contributed by atoms with Crippen molar-refractivity contribution in [3.63, 3.8) is 0 Å². The molecule has 0 saturated carbocycles. The molecule has 2 N–H and O–H groups in total. The maximum Gasteiger partial charge on any atom is 0.290 e. The van der Waals surface area contributed by atoms with Crippen LogP contribution in [-0.4, -0.2) is 29.0 Å². The van der Waals surface area contributed by atoms with Crippen LogP contribution in [-0.2, 0) is 10.2 Å². The van der Waals surface area contributed by atoms with Gasteiger partial charge in [-0.3, -0.25) is 14.9 Å². The van der Waals surface area contributed by atoms with Gasteiger partial charge in [-0.05, 0) is 83.8 Å². The van der Waals surface area contributed by atoms with Crippen LogP contribution in [0.25, 0.3) is 6.08 Å². The summed E-state index contributed by atoms with van der Waals surface area (Å²) in [6, 6.07) is 12.7. The number of nitrogens with one attached hydrogen (secondary N) is 1. The van der Waals surface area contributed by atoms with Crippen LogP contribution in [0, 0.1) is 19.3 Å². The van der Waals surface area contributed by atoms with Gasteiger partial charge in [0.15, 0.2) is 0 Å². The Labute approximate surface area is 213 Å². The molecule has 0 aliphatic carbocycles. The topological polar surface area (TPSA) is 75.6 Å². The van der Waals surface area contributed by atoms with Crippen LogP contribution in [0.3, 0.4) is 0 Å². The third-order valence-corrected chi connectivity index (χ3v) is 7.89. The van der Waals surface area contributed by atoms with Crippen molar-refractivity contribution >= 4 is 29.0 Å². The number of hydrogen-bond donors (Lipinski definition) is 2. The van der Waals surface area contributed by atoms with Crippen molar-refractivity contribution in [2.75, 3.05) is 6.61 Å². The second kappa shape index (κ2) is 10.6. The minimum Gasteiger partial charge on any atom is -0.491 e. The van der Waals surface area contributed by atoms with Crippen LogP contribution in [0.4, 0.5) is 4.79 Å². The molecule has 1 aliphatic rings. The zero-order valence-corrected chi connectivity index (χ0v) is 22.6. The van der Waals surface area contributed by atoms with Gasteiger partial charge in [0.25, 0.3) is 11.1 Å². The van der Waals surface area contributed by atoms with Gasteiger partial charge in [-0.25, -0.2) is 0 Å². The van der Waals surface area contributed by atoms with E-state index >= 15 is 0 Å². The predicted molar refractivity (Wildman–Crippen MR) is 144 cm³/mol. The van der Waals surface area contributed by atoms with Gasteiger partial charge in [0.05, 0.1) is 11.0 Å². The summed E-state index contributed by atoms with van der Waals surface area (Å²) in [6.07, 6.45) is 3.10. The van der Waals surface area contributed by atoms with Crippen molar-refractivity contribution in [1.29, 1.82) is 0 Å². The first-order chi connectivity index (χ1) is 16.4. The Morgan fingerprint density at radius 3 is 2.09 bits per heavy atom. The summed E-state index contributed by atoms with van der Waals surface area (Å²) in [6.45, 7) is 14.8. The molecule has 1 fully saturated rings. The number of thioether (sulfide) groups is 1. The molecule has 3 rings (SSSR count). The summed E-state index contributed by atoms with van der Waals surface area (Å²) in [5.74, 6) is 0.450. The van der Waals surface area contributed by atoms with Gasteiger partial charge in [0.1, 0.15) is 12.4 Å². The Hall–Kier alpha value is -2.57. The van der Waals surface area contributed by atoms with Crippen LogP contribution in [0.15, 0.2) is 41.3 Å². The van der Waals surface area contributed by atoms with Crippen molar-refractivity contribution in [3.05, 3.63) is 69.1 Å². The van der Waals surface area contributed by atoms with Crippen LogP contribution in [0.2, 0.25) is 0 Å². The molecule has 0 radical (unpaired) electrons. The van der Waals surface area contributed by atoms with Crippen LogP contribution in [0.5, 0.6) is 5.75 Å². The zero-order valence-electron chi connectivity index (χ0n) is 21.8. The monoisotopic (exact) mass is 495 g/mol. The number of ether oxygens (including phenoxy) is 1. The van der Waals surface area contributed by atoms with E-state index in [-0.39, 0.29) is 28.6 Å². The molecule has 188 valence electrons. The first kappa shape index (κ1) is 27.0. The Balaban J connectivity index is 1.91. The number of imide groups is 1. The average Bonchev–Trinajstić information content (AvgIpc) is 3.11. The third-order valence-electron chi connectivity index (χ3n) is 7.08. The molecule has 2 aromatic rings. The van der Waals surface area contributed by atoms with Crippen molar-refractivity contribution in [3.8, 4) is 5.75 Å². The van der Waals surface area contributed by atoms with Crippen LogP contribution < -0.4 is 10.1 Å². The Bertz CT molecular complexity index is 1140. The van der Waals surface area contributed by atoms with Gasteiger partial charge in [0, 0.05) is 5.41 Å². The number of hydrogen-bond acceptors (Lipinski definition) is 5. The van der Waals surface area contributed by atoms with E-state index in [2.05, 4.69) is 43.4 Å². The second-order valence-corrected chi connectivity index (χ2v) is 11.4. The summed E-state index contributed by atoms with van der Waals surface area (Å²) in [4.78, 5) is 23.9. The van der Waals surface area contributed by atoms with E-state index < -0.39 is 6.10 Å². The van der Waals surface area contributed by atoms with Gasteiger partial charge < -0.3 is 9.84 Å². The first-order valence-corrected chi connectivity index (χ1v) is 13.0. The highest BCUT2D eigenvalue weighted by atomic mass is 32.2. The predicted octanol–water partition coefficient (Wildman–Crippen LogP) is 6.52. The minimum absolute atomic E-state index is 0.167. The number of aliphatic hydroxyl groups excluding tert-OH is 1. The Kier molecular flexibility index (Phi) is 8.17. The van der Waals surface area contributed by atoms with Crippen molar-refractivity contribution < 1.29 is 19.4 Å². The fourth-order valence-corrected chi connectivity index (χ4v) is 5.13. The lowest BCUT2D eigenvalue weighted by Crippen LogP contribution is -2.32. The summed E-state index contributed by atoms with van der Waals surface area (Å²) < 4.78 is 5.97. The first-order valence-electron chi connectivity index (χ1n) is 12.2. The summed E-state index contributed by atoms with van der Waals surface area (Å²) in [5, 5.41) is 12.3. The highest BCUT2D eigenvalue weighted by molar-refractivity contribution is 8.18. The molecule has 2 aromatic carbocycles. The molecule has 0 spiro atoms. The zero-order chi connectivity index (χ0) is 26.0. The summed E-state index contributed by atoms with van der Waals surface area (Å²) in [7, 11) is 0. The van der Waals surface area contributed by atoms with Crippen molar-refractivity contribution in [2.24, 2.45) is 5.41 Å². The van der Waals surface area contributed by atoms with Gasteiger partial charge in [-0.2, -0.15) is 0 Å². The molecule has 35 heavy (non-hydrogen) atoms. The molecule has 0 bridgehead atoms.